The van der Waals surface area contributed by atoms with Crippen LogP contribution in [0.25, 0.3) is 0 Å². The molecular formula is C28H33N5O4. The molecule has 0 unspecified atom stereocenters. The van der Waals surface area contributed by atoms with Crippen molar-refractivity contribution in [2.75, 3.05) is 10.6 Å². The summed E-state index contributed by atoms with van der Waals surface area (Å²) in [6, 6.07) is 11.6. The first-order valence-corrected chi connectivity index (χ1v) is 13.0. The molecule has 1 atom stereocenters. The number of nitrogens with one attached hydrogen (secondary N) is 2. The fourth-order valence-corrected chi connectivity index (χ4v) is 6.33. The topological polar surface area (TPSA) is 132 Å². The van der Waals surface area contributed by atoms with Crippen molar-refractivity contribution < 1.29 is 14.1 Å². The lowest BCUT2D eigenvalue weighted by Crippen LogP contribution is -2.40. The van der Waals surface area contributed by atoms with E-state index in [1.165, 1.54) is 6.42 Å². The number of aryl methyl sites for hydroxylation is 2. The summed E-state index contributed by atoms with van der Waals surface area (Å²) in [7, 11) is 0. The van der Waals surface area contributed by atoms with Crippen LogP contribution in [0.5, 0.6) is 0 Å². The number of carbonyl (C=O) groups excluding carboxylic acids is 2. The molecule has 2 aliphatic rings. The Balaban J connectivity index is 1.83. The Kier molecular flexibility index (Phi) is 6.97. The molecule has 37 heavy (non-hydrogen) atoms. The van der Waals surface area contributed by atoms with Crippen molar-refractivity contribution in [1.82, 2.24) is 9.72 Å². The molecule has 5 rings (SSSR count). The molecule has 1 heterocycles. The van der Waals surface area contributed by atoms with Crippen LogP contribution in [0.4, 0.5) is 11.4 Å². The highest BCUT2D eigenvalue weighted by molar-refractivity contribution is 5.74. The van der Waals surface area contributed by atoms with Crippen LogP contribution in [0.15, 0.2) is 45.7 Å². The van der Waals surface area contributed by atoms with E-state index < -0.39 is 11.2 Å². The molecule has 9 heteroatoms. The van der Waals surface area contributed by atoms with Crippen molar-refractivity contribution in [3.05, 3.63) is 75.0 Å². The second-order valence-electron chi connectivity index (χ2n) is 10.3. The van der Waals surface area contributed by atoms with Crippen molar-refractivity contribution >= 4 is 24.2 Å². The number of hydrogen-bond donors (Lipinski definition) is 3. The minimum absolute atomic E-state index is 0.0473. The Bertz CT molecular complexity index is 1290. The van der Waals surface area contributed by atoms with Gasteiger partial charge in [0.2, 0.25) is 12.8 Å². The SMILES string of the molecule is C[C@H](N)CC1(c2nc(=O)on2C2CCCCC2)c2ccc(NC=O)cc2CCc2cc(NC=O)ccc21. The van der Waals surface area contributed by atoms with Gasteiger partial charge in [-0.15, -0.1) is 0 Å². The highest BCUT2D eigenvalue weighted by Gasteiger charge is 2.47. The van der Waals surface area contributed by atoms with E-state index in [1.54, 1.807) is 4.74 Å². The van der Waals surface area contributed by atoms with E-state index in [9.17, 15) is 14.4 Å². The maximum absolute atomic E-state index is 12.8. The van der Waals surface area contributed by atoms with Gasteiger partial charge in [0.25, 0.3) is 0 Å². The standard InChI is InChI=1S/C28H33N5O4/c1-18(29)15-28(26-32-27(36)37-33(26)23-5-3-2-4-6-23)24-11-9-21(30-16-34)13-19(24)7-8-20-14-22(31-17-35)10-12-25(20)28/h9-14,16-18,23H,2-8,15,29H2,1H3,(H,30,34)(H,31,35)/t18-/m0/s1. The summed E-state index contributed by atoms with van der Waals surface area (Å²) < 4.78 is 7.56. The highest BCUT2D eigenvalue weighted by atomic mass is 16.5. The van der Waals surface area contributed by atoms with Crippen LogP contribution in [-0.4, -0.2) is 28.6 Å². The van der Waals surface area contributed by atoms with E-state index in [0.717, 1.165) is 47.9 Å². The maximum Gasteiger partial charge on any atom is 0.459 e. The third kappa shape index (κ3) is 4.59. The molecule has 0 saturated heterocycles. The number of anilines is 2. The zero-order valence-corrected chi connectivity index (χ0v) is 21.0. The van der Waals surface area contributed by atoms with Crippen LogP contribution in [0.2, 0.25) is 0 Å². The largest absolute Gasteiger partial charge is 0.459 e. The summed E-state index contributed by atoms with van der Waals surface area (Å²) in [6.45, 7) is 1.96. The zero-order valence-electron chi connectivity index (χ0n) is 21.0. The van der Waals surface area contributed by atoms with Gasteiger partial charge in [-0.2, -0.15) is 9.72 Å². The maximum atomic E-state index is 12.8. The van der Waals surface area contributed by atoms with Crippen molar-refractivity contribution in [3.63, 3.8) is 0 Å². The third-order valence-electron chi connectivity index (χ3n) is 7.74. The first-order chi connectivity index (χ1) is 18.0. The number of benzene rings is 2. The Morgan fingerprint density at radius 1 is 1.03 bits per heavy atom. The fraction of sp³-hybridized carbons (Fsp3) is 0.429. The number of nitrogens with two attached hydrogens (primary N) is 1. The molecule has 194 valence electrons. The molecular weight excluding hydrogens is 470 g/mol. The first-order valence-electron chi connectivity index (χ1n) is 13.0. The summed E-state index contributed by atoms with van der Waals surface area (Å²) >= 11 is 0. The minimum Gasteiger partial charge on any atom is -0.329 e. The molecule has 1 saturated carbocycles. The highest BCUT2D eigenvalue weighted by Crippen LogP contribution is 2.49. The molecule has 0 aliphatic heterocycles. The number of rotatable bonds is 8. The van der Waals surface area contributed by atoms with Gasteiger partial charge in [0.05, 0.1) is 11.5 Å². The molecule has 0 bridgehead atoms. The Morgan fingerprint density at radius 3 is 2.11 bits per heavy atom. The van der Waals surface area contributed by atoms with E-state index in [-0.39, 0.29) is 12.1 Å². The number of aromatic nitrogens is 2. The molecule has 1 aromatic heterocycles. The van der Waals surface area contributed by atoms with Gasteiger partial charge in [-0.25, -0.2) is 4.79 Å². The van der Waals surface area contributed by atoms with Gasteiger partial charge in [0.15, 0.2) is 5.82 Å². The molecule has 0 radical (unpaired) electrons. The summed E-state index contributed by atoms with van der Waals surface area (Å²) in [5.74, 6) is -0.0475. The lowest BCUT2D eigenvalue weighted by molar-refractivity contribution is -0.106. The second kappa shape index (κ2) is 10.3. The van der Waals surface area contributed by atoms with E-state index in [4.69, 9.17) is 10.3 Å². The molecule has 9 nitrogen and oxygen atoms in total. The lowest BCUT2D eigenvalue weighted by atomic mass is 9.67. The average Bonchev–Trinajstić information content (AvgIpc) is 3.23. The van der Waals surface area contributed by atoms with Crippen LogP contribution in [0.1, 0.15) is 79.6 Å². The smallest absolute Gasteiger partial charge is 0.329 e. The van der Waals surface area contributed by atoms with Crippen LogP contribution >= 0.6 is 0 Å². The Morgan fingerprint density at radius 2 is 1.59 bits per heavy atom. The number of hydrogen-bond acceptors (Lipinski definition) is 6. The molecule has 4 N–H and O–H groups in total. The van der Waals surface area contributed by atoms with Crippen LogP contribution in [-0.2, 0) is 27.8 Å². The lowest BCUT2D eigenvalue weighted by Gasteiger charge is -2.38. The summed E-state index contributed by atoms with van der Waals surface area (Å²) in [4.78, 5) is 39.7. The van der Waals surface area contributed by atoms with Gasteiger partial charge in [0.1, 0.15) is 0 Å². The van der Waals surface area contributed by atoms with Gasteiger partial charge in [0, 0.05) is 17.4 Å². The summed E-state index contributed by atoms with van der Waals surface area (Å²) in [5.41, 5.74) is 11.1. The monoisotopic (exact) mass is 503 g/mol. The van der Waals surface area contributed by atoms with Crippen LogP contribution < -0.4 is 22.1 Å². The second-order valence-corrected chi connectivity index (χ2v) is 10.3. The van der Waals surface area contributed by atoms with Crippen LogP contribution in [0.3, 0.4) is 0 Å². The van der Waals surface area contributed by atoms with Gasteiger partial charge < -0.3 is 20.9 Å². The predicted molar refractivity (Wildman–Crippen MR) is 141 cm³/mol. The Labute approximate surface area is 215 Å². The third-order valence-corrected chi connectivity index (χ3v) is 7.74. The number of nitrogens with zero attached hydrogens (tertiary/aromatic N) is 2. The molecule has 2 amide bonds. The van der Waals surface area contributed by atoms with Crippen molar-refractivity contribution in [2.45, 2.75) is 75.8 Å². The van der Waals surface area contributed by atoms with Gasteiger partial charge in [-0.3, -0.25) is 9.59 Å². The number of fused-ring (bicyclic) bond motifs is 2. The normalized spacial score (nSPS) is 17.7. The predicted octanol–water partition coefficient (Wildman–Crippen LogP) is 3.65. The summed E-state index contributed by atoms with van der Waals surface area (Å²) in [6.07, 6.45) is 8.38. The van der Waals surface area contributed by atoms with E-state index in [1.807, 2.05) is 43.3 Å². The molecule has 2 aliphatic carbocycles. The van der Waals surface area contributed by atoms with E-state index >= 15 is 0 Å². The minimum atomic E-state index is -0.863. The number of amides is 2. The van der Waals surface area contributed by atoms with E-state index in [2.05, 4.69) is 15.6 Å². The molecule has 1 fully saturated rings. The molecule has 2 aromatic carbocycles. The Hall–Kier alpha value is -3.72. The summed E-state index contributed by atoms with van der Waals surface area (Å²) in [5, 5.41) is 5.51. The van der Waals surface area contributed by atoms with E-state index in [0.29, 0.717) is 49.3 Å². The van der Waals surface area contributed by atoms with Crippen molar-refractivity contribution in [1.29, 1.82) is 0 Å². The first kappa shape index (κ1) is 25.0. The zero-order chi connectivity index (χ0) is 26.0. The molecule has 0 spiro atoms. The van der Waals surface area contributed by atoms with Crippen LogP contribution in [0, 0.1) is 0 Å². The van der Waals surface area contributed by atoms with Gasteiger partial charge in [-0.1, -0.05) is 31.4 Å². The average molecular weight is 504 g/mol. The van der Waals surface area contributed by atoms with Gasteiger partial charge >= 0.3 is 5.76 Å². The number of carbonyl (C=O) groups is 2. The quantitative estimate of drug-likeness (QED) is 0.402. The molecule has 3 aromatic rings. The van der Waals surface area contributed by atoms with Crippen molar-refractivity contribution in [3.8, 4) is 0 Å². The fourth-order valence-electron chi connectivity index (χ4n) is 6.33. The van der Waals surface area contributed by atoms with Crippen molar-refractivity contribution in [2.24, 2.45) is 5.73 Å². The van der Waals surface area contributed by atoms with Gasteiger partial charge in [-0.05, 0) is 85.5 Å².